The summed E-state index contributed by atoms with van der Waals surface area (Å²) in [5, 5.41) is 3.48. The number of ether oxygens (including phenoxy) is 1. The van der Waals surface area contributed by atoms with E-state index < -0.39 is 0 Å². The highest BCUT2D eigenvalue weighted by atomic mass is 16.5. The van der Waals surface area contributed by atoms with Gasteiger partial charge < -0.3 is 15.0 Å². The van der Waals surface area contributed by atoms with Crippen molar-refractivity contribution in [1.82, 2.24) is 10.3 Å². The Morgan fingerprint density at radius 2 is 2.24 bits per heavy atom. The van der Waals surface area contributed by atoms with Gasteiger partial charge in [-0.2, -0.15) is 0 Å². The van der Waals surface area contributed by atoms with E-state index in [2.05, 4.69) is 50.2 Å². The lowest BCUT2D eigenvalue weighted by Gasteiger charge is -2.23. The molecule has 1 aromatic heterocycles. The van der Waals surface area contributed by atoms with Crippen molar-refractivity contribution in [3.05, 3.63) is 23.4 Å². The Morgan fingerprint density at radius 3 is 2.86 bits per heavy atom. The molecule has 1 N–H and O–H groups in total. The number of rotatable bonds is 7. The molecule has 1 aliphatic rings. The van der Waals surface area contributed by atoms with Gasteiger partial charge in [0, 0.05) is 38.5 Å². The van der Waals surface area contributed by atoms with Crippen molar-refractivity contribution in [2.75, 3.05) is 25.1 Å². The van der Waals surface area contributed by atoms with Crippen molar-refractivity contribution in [3.8, 4) is 0 Å². The van der Waals surface area contributed by atoms with Crippen molar-refractivity contribution < 1.29 is 4.74 Å². The van der Waals surface area contributed by atoms with Gasteiger partial charge in [0.25, 0.3) is 0 Å². The predicted octanol–water partition coefficient (Wildman–Crippen LogP) is 2.76. The molecule has 4 nitrogen and oxygen atoms in total. The molecule has 0 spiro atoms. The lowest BCUT2D eigenvalue weighted by Crippen LogP contribution is -2.29. The van der Waals surface area contributed by atoms with Gasteiger partial charge in [-0.05, 0) is 37.0 Å². The molecule has 21 heavy (non-hydrogen) atoms. The van der Waals surface area contributed by atoms with Crippen LogP contribution >= 0.6 is 0 Å². The summed E-state index contributed by atoms with van der Waals surface area (Å²) in [6.45, 7) is 9.24. The van der Waals surface area contributed by atoms with Crippen LogP contribution in [-0.4, -0.2) is 37.3 Å². The van der Waals surface area contributed by atoms with E-state index in [0.717, 1.165) is 37.6 Å². The number of hydrogen-bond acceptors (Lipinski definition) is 4. The number of pyridine rings is 1. The highest BCUT2D eigenvalue weighted by molar-refractivity contribution is 5.42. The molecule has 2 rings (SSSR count). The first-order valence-corrected chi connectivity index (χ1v) is 8.14. The Hall–Kier alpha value is -1.13. The number of hydrogen-bond donors (Lipinski definition) is 1. The molecular formula is C17H29N3O. The maximum absolute atomic E-state index is 5.73. The van der Waals surface area contributed by atoms with E-state index in [1.54, 1.807) is 0 Å². The Kier molecular flexibility index (Phi) is 6.00. The molecule has 1 atom stereocenters. The Morgan fingerprint density at radius 1 is 1.43 bits per heavy atom. The maximum atomic E-state index is 5.73. The number of likely N-dealkylation sites (N-methyl/N-ethyl adjacent to an activating group) is 1. The van der Waals surface area contributed by atoms with Gasteiger partial charge in [0.2, 0.25) is 0 Å². The lowest BCUT2D eigenvalue weighted by molar-refractivity contribution is 0.116. The van der Waals surface area contributed by atoms with E-state index in [1.165, 1.54) is 18.4 Å². The highest BCUT2D eigenvalue weighted by Crippen LogP contribution is 2.19. The Bertz CT molecular complexity index is 442. The minimum absolute atomic E-state index is 0.360. The second kappa shape index (κ2) is 7.76. The van der Waals surface area contributed by atoms with Gasteiger partial charge >= 0.3 is 0 Å². The average molecular weight is 291 g/mol. The summed E-state index contributed by atoms with van der Waals surface area (Å²) < 4.78 is 5.73. The number of aromatic nitrogens is 1. The van der Waals surface area contributed by atoms with Crippen LogP contribution in [0.3, 0.4) is 0 Å². The molecule has 0 saturated carbocycles. The van der Waals surface area contributed by atoms with E-state index in [0.29, 0.717) is 12.1 Å². The first-order valence-electron chi connectivity index (χ1n) is 8.14. The second-order valence-electron chi connectivity index (χ2n) is 6.23. The number of aryl methyl sites for hydroxylation is 1. The van der Waals surface area contributed by atoms with E-state index in [9.17, 15) is 0 Å². The summed E-state index contributed by atoms with van der Waals surface area (Å²) in [6.07, 6.45) is 3.68. The zero-order valence-corrected chi connectivity index (χ0v) is 13.9. The van der Waals surface area contributed by atoms with E-state index in [1.807, 2.05) is 0 Å². The van der Waals surface area contributed by atoms with Crippen molar-refractivity contribution in [2.24, 2.45) is 0 Å². The molecule has 1 saturated heterocycles. The zero-order chi connectivity index (χ0) is 15.2. The van der Waals surface area contributed by atoms with Gasteiger partial charge in [0.15, 0.2) is 0 Å². The molecule has 0 aromatic carbocycles. The number of anilines is 1. The highest BCUT2D eigenvalue weighted by Gasteiger charge is 2.18. The van der Waals surface area contributed by atoms with Crippen LogP contribution in [0.25, 0.3) is 0 Å². The average Bonchev–Trinajstić information content (AvgIpc) is 2.97. The molecule has 0 amide bonds. The first kappa shape index (κ1) is 16.2. The lowest BCUT2D eigenvalue weighted by atomic mass is 10.1. The van der Waals surface area contributed by atoms with E-state index in [4.69, 9.17) is 9.72 Å². The van der Waals surface area contributed by atoms with Crippen LogP contribution < -0.4 is 10.2 Å². The molecule has 2 heterocycles. The van der Waals surface area contributed by atoms with Gasteiger partial charge in [-0.3, -0.25) is 0 Å². The molecule has 1 aliphatic heterocycles. The molecule has 1 fully saturated rings. The minimum Gasteiger partial charge on any atom is -0.376 e. The summed E-state index contributed by atoms with van der Waals surface area (Å²) in [6, 6.07) is 4.90. The SMILES string of the molecule is CCc1cc(CNC(C)C)cc(N(C)CC2CCCO2)n1. The van der Waals surface area contributed by atoms with Gasteiger partial charge in [0.1, 0.15) is 5.82 Å². The van der Waals surface area contributed by atoms with Gasteiger partial charge in [-0.1, -0.05) is 20.8 Å². The van der Waals surface area contributed by atoms with E-state index in [-0.39, 0.29) is 0 Å². The predicted molar refractivity (Wildman–Crippen MR) is 87.8 cm³/mol. The fourth-order valence-corrected chi connectivity index (χ4v) is 2.62. The number of nitrogens with one attached hydrogen (secondary N) is 1. The van der Waals surface area contributed by atoms with Crippen molar-refractivity contribution >= 4 is 5.82 Å². The zero-order valence-electron chi connectivity index (χ0n) is 13.9. The third-order valence-corrected chi connectivity index (χ3v) is 3.89. The molecule has 0 radical (unpaired) electrons. The van der Waals surface area contributed by atoms with Crippen molar-refractivity contribution in [2.45, 2.75) is 58.7 Å². The van der Waals surface area contributed by atoms with Crippen LogP contribution in [-0.2, 0) is 17.7 Å². The molecule has 1 aromatic rings. The molecule has 118 valence electrons. The second-order valence-corrected chi connectivity index (χ2v) is 6.23. The Labute approximate surface area is 128 Å². The fourth-order valence-electron chi connectivity index (χ4n) is 2.62. The monoisotopic (exact) mass is 291 g/mol. The summed E-state index contributed by atoms with van der Waals surface area (Å²) in [4.78, 5) is 6.99. The first-order chi connectivity index (χ1) is 10.1. The van der Waals surface area contributed by atoms with Crippen LogP contribution in [0.4, 0.5) is 5.82 Å². The molecular weight excluding hydrogens is 262 g/mol. The summed E-state index contributed by atoms with van der Waals surface area (Å²) >= 11 is 0. The molecule has 4 heteroatoms. The van der Waals surface area contributed by atoms with E-state index >= 15 is 0 Å². The fraction of sp³-hybridized carbons (Fsp3) is 0.706. The normalized spacial score (nSPS) is 18.4. The molecule has 0 aliphatic carbocycles. The van der Waals surface area contributed by atoms with Crippen LogP contribution in [0.5, 0.6) is 0 Å². The summed E-state index contributed by atoms with van der Waals surface area (Å²) in [7, 11) is 2.11. The van der Waals surface area contributed by atoms with Crippen LogP contribution in [0.15, 0.2) is 12.1 Å². The van der Waals surface area contributed by atoms with Gasteiger partial charge in [0.05, 0.1) is 6.10 Å². The molecule has 1 unspecified atom stereocenters. The van der Waals surface area contributed by atoms with Crippen molar-refractivity contribution in [1.29, 1.82) is 0 Å². The topological polar surface area (TPSA) is 37.4 Å². The third-order valence-electron chi connectivity index (χ3n) is 3.89. The third kappa shape index (κ3) is 4.97. The van der Waals surface area contributed by atoms with Gasteiger partial charge in [-0.15, -0.1) is 0 Å². The van der Waals surface area contributed by atoms with Crippen LogP contribution in [0, 0.1) is 0 Å². The smallest absolute Gasteiger partial charge is 0.128 e. The van der Waals surface area contributed by atoms with Crippen molar-refractivity contribution in [3.63, 3.8) is 0 Å². The minimum atomic E-state index is 0.360. The summed E-state index contributed by atoms with van der Waals surface area (Å²) in [5.41, 5.74) is 2.47. The largest absolute Gasteiger partial charge is 0.376 e. The maximum Gasteiger partial charge on any atom is 0.128 e. The van der Waals surface area contributed by atoms with Crippen LogP contribution in [0.2, 0.25) is 0 Å². The van der Waals surface area contributed by atoms with Gasteiger partial charge in [-0.25, -0.2) is 4.98 Å². The van der Waals surface area contributed by atoms with Crippen LogP contribution in [0.1, 0.15) is 44.9 Å². The standard InChI is InChI=1S/C17H29N3O/c1-5-15-9-14(11-18-13(2)3)10-17(19-15)20(4)12-16-7-6-8-21-16/h9-10,13,16,18H,5-8,11-12H2,1-4H3. The summed E-state index contributed by atoms with van der Waals surface area (Å²) in [5.74, 6) is 1.06. The molecule has 0 bridgehead atoms. The number of nitrogens with zero attached hydrogens (tertiary/aromatic N) is 2. The quantitative estimate of drug-likeness (QED) is 0.838. The Balaban J connectivity index is 2.07.